The summed E-state index contributed by atoms with van der Waals surface area (Å²) in [6.07, 6.45) is 0.508. The van der Waals surface area contributed by atoms with Crippen molar-refractivity contribution < 1.29 is 9.59 Å². The van der Waals surface area contributed by atoms with Gasteiger partial charge in [0.25, 0.3) is 5.91 Å². The first-order valence-corrected chi connectivity index (χ1v) is 8.31. The van der Waals surface area contributed by atoms with Gasteiger partial charge in [0, 0.05) is 44.7 Å². The minimum atomic E-state index is -0.0797. The van der Waals surface area contributed by atoms with Crippen molar-refractivity contribution in [2.75, 3.05) is 46.8 Å². The van der Waals surface area contributed by atoms with Gasteiger partial charge in [-0.3, -0.25) is 9.59 Å². The van der Waals surface area contributed by atoms with Crippen LogP contribution in [-0.2, 0) is 4.79 Å². The number of benzene rings is 1. The maximum absolute atomic E-state index is 12.5. The molecule has 0 radical (unpaired) electrons. The lowest BCUT2D eigenvalue weighted by molar-refractivity contribution is -0.132. The van der Waals surface area contributed by atoms with Gasteiger partial charge >= 0.3 is 0 Å². The van der Waals surface area contributed by atoms with Crippen LogP contribution in [0.2, 0.25) is 10.0 Å². The Morgan fingerprint density at radius 1 is 1.04 bits per heavy atom. The summed E-state index contributed by atoms with van der Waals surface area (Å²) in [7, 11) is 3.89. The molecule has 0 spiro atoms. The van der Waals surface area contributed by atoms with Gasteiger partial charge in [0.2, 0.25) is 5.91 Å². The zero-order chi connectivity index (χ0) is 17.0. The highest BCUT2D eigenvalue weighted by Gasteiger charge is 2.24. The van der Waals surface area contributed by atoms with Crippen LogP contribution < -0.4 is 0 Å². The number of piperazine rings is 1. The van der Waals surface area contributed by atoms with Gasteiger partial charge in [-0.2, -0.15) is 0 Å². The van der Waals surface area contributed by atoms with E-state index in [1.807, 2.05) is 23.9 Å². The molecule has 0 aromatic heterocycles. The molecule has 0 saturated carbocycles. The molecule has 1 fully saturated rings. The lowest BCUT2D eigenvalue weighted by Crippen LogP contribution is -2.50. The molecule has 1 aromatic carbocycles. The first kappa shape index (κ1) is 18.0. The van der Waals surface area contributed by atoms with Gasteiger partial charge in [-0.25, -0.2) is 0 Å². The van der Waals surface area contributed by atoms with E-state index in [1.165, 1.54) is 0 Å². The van der Waals surface area contributed by atoms with Crippen LogP contribution in [0.4, 0.5) is 0 Å². The number of amides is 2. The molecule has 1 saturated heterocycles. The Morgan fingerprint density at radius 2 is 1.65 bits per heavy atom. The fourth-order valence-corrected chi connectivity index (χ4v) is 2.75. The Kier molecular flexibility index (Phi) is 6.27. The highest BCUT2D eigenvalue weighted by molar-refractivity contribution is 6.42. The van der Waals surface area contributed by atoms with Crippen LogP contribution in [0.3, 0.4) is 0 Å². The van der Waals surface area contributed by atoms with E-state index in [4.69, 9.17) is 23.2 Å². The molecule has 1 heterocycles. The number of nitrogens with zero attached hydrogens (tertiary/aromatic N) is 3. The van der Waals surface area contributed by atoms with Crippen molar-refractivity contribution in [2.45, 2.75) is 6.42 Å². The second kappa shape index (κ2) is 7.99. The second-order valence-electron chi connectivity index (χ2n) is 5.86. The van der Waals surface area contributed by atoms with Crippen molar-refractivity contribution >= 4 is 35.0 Å². The van der Waals surface area contributed by atoms with Crippen LogP contribution in [0.1, 0.15) is 16.8 Å². The molecule has 23 heavy (non-hydrogen) atoms. The quantitative estimate of drug-likeness (QED) is 0.829. The maximum atomic E-state index is 12.5. The van der Waals surface area contributed by atoms with Gasteiger partial charge < -0.3 is 14.7 Å². The fraction of sp³-hybridized carbons (Fsp3) is 0.500. The fourth-order valence-electron chi connectivity index (χ4n) is 2.45. The van der Waals surface area contributed by atoms with Gasteiger partial charge in [-0.15, -0.1) is 0 Å². The number of hydrogen-bond donors (Lipinski definition) is 0. The van der Waals surface area contributed by atoms with Crippen molar-refractivity contribution in [2.24, 2.45) is 0 Å². The zero-order valence-electron chi connectivity index (χ0n) is 13.4. The summed E-state index contributed by atoms with van der Waals surface area (Å²) in [4.78, 5) is 30.1. The smallest absolute Gasteiger partial charge is 0.254 e. The lowest BCUT2D eigenvalue weighted by atomic mass is 10.1. The van der Waals surface area contributed by atoms with E-state index in [2.05, 4.69) is 0 Å². The predicted molar refractivity (Wildman–Crippen MR) is 92.1 cm³/mol. The summed E-state index contributed by atoms with van der Waals surface area (Å²) < 4.78 is 0. The summed E-state index contributed by atoms with van der Waals surface area (Å²) in [5.74, 6) is 0.0595. The van der Waals surface area contributed by atoms with Crippen LogP contribution in [0, 0.1) is 0 Å². The van der Waals surface area contributed by atoms with Gasteiger partial charge in [0.05, 0.1) is 10.0 Å². The zero-order valence-corrected chi connectivity index (χ0v) is 14.9. The van der Waals surface area contributed by atoms with Gasteiger partial charge in [0.1, 0.15) is 0 Å². The predicted octanol–water partition coefficient (Wildman–Crippen LogP) is 2.23. The van der Waals surface area contributed by atoms with Gasteiger partial charge in [0.15, 0.2) is 0 Å². The number of carbonyl (C=O) groups is 2. The highest BCUT2D eigenvalue weighted by Crippen LogP contribution is 2.23. The van der Waals surface area contributed by atoms with Crippen LogP contribution in [0.5, 0.6) is 0 Å². The molecular weight excluding hydrogens is 337 g/mol. The Balaban J connectivity index is 1.89. The molecule has 5 nitrogen and oxygen atoms in total. The number of carbonyl (C=O) groups excluding carboxylic acids is 2. The molecule has 1 aliphatic heterocycles. The van der Waals surface area contributed by atoms with Crippen molar-refractivity contribution in [3.63, 3.8) is 0 Å². The Morgan fingerprint density at radius 3 is 2.22 bits per heavy atom. The normalized spacial score (nSPS) is 15.2. The number of rotatable bonds is 4. The van der Waals surface area contributed by atoms with E-state index in [9.17, 15) is 9.59 Å². The van der Waals surface area contributed by atoms with E-state index in [0.29, 0.717) is 48.2 Å². The SMILES string of the molecule is CN(C)CCC(=O)N1CCN(C(=O)c2ccc(Cl)c(Cl)c2)CC1. The molecule has 7 heteroatoms. The molecule has 2 amide bonds. The van der Waals surface area contributed by atoms with Crippen molar-refractivity contribution in [3.05, 3.63) is 33.8 Å². The van der Waals surface area contributed by atoms with E-state index in [-0.39, 0.29) is 11.8 Å². The van der Waals surface area contributed by atoms with E-state index in [1.54, 1.807) is 23.1 Å². The average molecular weight is 358 g/mol. The summed E-state index contributed by atoms with van der Waals surface area (Å²) in [6, 6.07) is 4.88. The molecule has 0 aliphatic carbocycles. The van der Waals surface area contributed by atoms with Crippen LogP contribution in [0.25, 0.3) is 0 Å². The minimum Gasteiger partial charge on any atom is -0.339 e. The summed E-state index contributed by atoms with van der Waals surface area (Å²) in [6.45, 7) is 2.94. The summed E-state index contributed by atoms with van der Waals surface area (Å²) in [5, 5.41) is 0.801. The molecule has 2 rings (SSSR count). The molecule has 0 unspecified atom stereocenters. The topological polar surface area (TPSA) is 43.9 Å². The van der Waals surface area contributed by atoms with E-state index >= 15 is 0 Å². The lowest BCUT2D eigenvalue weighted by Gasteiger charge is -2.35. The molecule has 0 atom stereocenters. The first-order valence-electron chi connectivity index (χ1n) is 7.55. The van der Waals surface area contributed by atoms with Gasteiger partial charge in [-0.05, 0) is 32.3 Å². The van der Waals surface area contributed by atoms with E-state index < -0.39 is 0 Å². The molecule has 0 N–H and O–H groups in total. The van der Waals surface area contributed by atoms with Crippen LogP contribution in [-0.4, -0.2) is 73.3 Å². The monoisotopic (exact) mass is 357 g/mol. The third-order valence-electron chi connectivity index (χ3n) is 3.86. The average Bonchev–Trinajstić information content (AvgIpc) is 2.54. The molecule has 1 aromatic rings. The van der Waals surface area contributed by atoms with Crippen molar-refractivity contribution in [3.8, 4) is 0 Å². The molecular formula is C16H21Cl2N3O2. The molecule has 126 valence electrons. The Labute approximate surface area is 146 Å². The largest absolute Gasteiger partial charge is 0.339 e. The first-order chi connectivity index (χ1) is 10.9. The minimum absolute atomic E-state index is 0.0797. The van der Waals surface area contributed by atoms with Crippen molar-refractivity contribution in [1.29, 1.82) is 0 Å². The van der Waals surface area contributed by atoms with Crippen LogP contribution in [0.15, 0.2) is 18.2 Å². The summed E-state index contributed by atoms with van der Waals surface area (Å²) in [5.41, 5.74) is 0.520. The molecule has 0 bridgehead atoms. The van der Waals surface area contributed by atoms with Crippen LogP contribution >= 0.6 is 23.2 Å². The number of hydrogen-bond acceptors (Lipinski definition) is 3. The third kappa shape index (κ3) is 4.83. The number of halogens is 2. The Hall–Kier alpha value is -1.30. The van der Waals surface area contributed by atoms with E-state index in [0.717, 1.165) is 6.54 Å². The van der Waals surface area contributed by atoms with Crippen molar-refractivity contribution in [1.82, 2.24) is 14.7 Å². The maximum Gasteiger partial charge on any atom is 0.254 e. The Bertz CT molecular complexity index is 585. The second-order valence-corrected chi connectivity index (χ2v) is 6.67. The third-order valence-corrected chi connectivity index (χ3v) is 4.60. The molecule has 1 aliphatic rings. The standard InChI is InChI=1S/C16H21Cl2N3O2/c1-19(2)6-5-15(22)20-7-9-21(10-8-20)16(23)12-3-4-13(17)14(18)11-12/h3-4,11H,5-10H2,1-2H3. The van der Waals surface area contributed by atoms with Gasteiger partial charge in [-0.1, -0.05) is 23.2 Å². The summed E-state index contributed by atoms with van der Waals surface area (Å²) >= 11 is 11.8. The highest BCUT2D eigenvalue weighted by atomic mass is 35.5.